The first kappa shape index (κ1) is 23.5. The van der Waals surface area contributed by atoms with E-state index in [2.05, 4.69) is 36.2 Å². The van der Waals surface area contributed by atoms with Crippen LogP contribution in [0.15, 0.2) is 97.6 Å². The van der Waals surface area contributed by atoms with Crippen LogP contribution in [0.2, 0.25) is 0 Å². The molecular weight excluding hydrogens is 396 g/mol. The number of aliphatic carboxylic acids is 1. The molecule has 1 heterocycles. The van der Waals surface area contributed by atoms with E-state index in [1.807, 2.05) is 60.7 Å². The number of carboxylic acids is 1. The summed E-state index contributed by atoms with van der Waals surface area (Å²) in [6, 6.07) is 28.6. The topological polar surface area (TPSA) is 75.3 Å². The van der Waals surface area contributed by atoms with Crippen LogP contribution in [0.3, 0.4) is 0 Å². The Balaban J connectivity index is 0.000000193. The number of rotatable bonds is 6. The third kappa shape index (κ3) is 6.39. The zero-order valence-corrected chi connectivity index (χ0v) is 18.4. The maximum Gasteiger partial charge on any atom is 0.311 e. The molecule has 1 aliphatic rings. The minimum atomic E-state index is -0.813. The van der Waals surface area contributed by atoms with Gasteiger partial charge in [-0.1, -0.05) is 91.0 Å². The van der Waals surface area contributed by atoms with Crippen LogP contribution >= 0.6 is 0 Å². The van der Waals surface area contributed by atoms with Gasteiger partial charge >= 0.3 is 5.97 Å². The Kier molecular flexibility index (Phi) is 8.79. The molecule has 3 aromatic carbocycles. The highest BCUT2D eigenvalue weighted by molar-refractivity contribution is 5.77. The maximum atomic E-state index is 11.2. The number of carbonyl (C=O) groups is 1. The van der Waals surface area contributed by atoms with Crippen molar-refractivity contribution < 1.29 is 9.90 Å². The average molecular weight is 429 g/mol. The molecule has 1 fully saturated rings. The van der Waals surface area contributed by atoms with Crippen molar-refractivity contribution in [1.29, 1.82) is 0 Å². The molecule has 0 aliphatic carbocycles. The summed E-state index contributed by atoms with van der Waals surface area (Å²) in [4.78, 5) is 11.2. The summed E-state index contributed by atoms with van der Waals surface area (Å²) in [5, 5.41) is 12.6. The molecule has 3 unspecified atom stereocenters. The van der Waals surface area contributed by atoms with E-state index in [1.54, 1.807) is 6.08 Å². The van der Waals surface area contributed by atoms with Gasteiger partial charge in [0.25, 0.3) is 0 Å². The summed E-state index contributed by atoms with van der Waals surface area (Å²) in [7, 11) is 0. The number of nitrogens with two attached hydrogens (primary N) is 1. The second-order valence-electron chi connectivity index (χ2n) is 8.08. The van der Waals surface area contributed by atoms with Crippen molar-refractivity contribution in [3.8, 4) is 11.1 Å². The lowest BCUT2D eigenvalue weighted by Crippen LogP contribution is -2.43. The van der Waals surface area contributed by atoms with Crippen LogP contribution in [-0.2, 0) is 4.79 Å². The van der Waals surface area contributed by atoms with Crippen LogP contribution in [0, 0.1) is 0 Å². The van der Waals surface area contributed by atoms with Crippen molar-refractivity contribution in [1.82, 2.24) is 5.32 Å². The van der Waals surface area contributed by atoms with Gasteiger partial charge in [-0.15, -0.1) is 6.58 Å². The van der Waals surface area contributed by atoms with Crippen LogP contribution in [0.5, 0.6) is 0 Å². The fourth-order valence-electron chi connectivity index (χ4n) is 4.03. The molecule has 0 spiro atoms. The fourth-order valence-corrected chi connectivity index (χ4v) is 4.03. The Hall–Kier alpha value is -3.21. The lowest BCUT2D eigenvalue weighted by atomic mass is 9.88. The summed E-state index contributed by atoms with van der Waals surface area (Å²) < 4.78 is 0. The molecule has 0 amide bonds. The molecule has 3 atom stereocenters. The number of piperidine rings is 1. The quantitative estimate of drug-likeness (QED) is 0.472. The van der Waals surface area contributed by atoms with Gasteiger partial charge in [0.05, 0.1) is 5.92 Å². The van der Waals surface area contributed by atoms with Gasteiger partial charge in [0.2, 0.25) is 0 Å². The third-order valence-electron chi connectivity index (χ3n) is 5.88. The van der Waals surface area contributed by atoms with Gasteiger partial charge in [0.1, 0.15) is 0 Å². The second kappa shape index (κ2) is 12.0. The highest BCUT2D eigenvalue weighted by atomic mass is 16.4. The predicted octanol–water partition coefficient (Wildman–Crippen LogP) is 5.19. The number of nitrogens with one attached hydrogen (secondary N) is 1. The molecule has 4 heteroatoms. The van der Waals surface area contributed by atoms with Crippen LogP contribution in [0.25, 0.3) is 11.1 Å². The zero-order chi connectivity index (χ0) is 22.8. The van der Waals surface area contributed by atoms with Gasteiger partial charge in [0, 0.05) is 18.5 Å². The number of carboxylic acid groups (broad SMARTS) is 1. The van der Waals surface area contributed by atoms with E-state index in [1.165, 1.54) is 5.56 Å². The van der Waals surface area contributed by atoms with Crippen molar-refractivity contribution in [2.75, 3.05) is 13.1 Å². The summed E-state index contributed by atoms with van der Waals surface area (Å²) in [5.41, 5.74) is 10.5. The number of benzene rings is 3. The molecule has 0 bridgehead atoms. The first-order valence-corrected chi connectivity index (χ1v) is 11.1. The fraction of sp³-hybridized carbons (Fsp3) is 0.250. The molecule has 4 nitrogen and oxygen atoms in total. The van der Waals surface area contributed by atoms with E-state index in [4.69, 9.17) is 5.73 Å². The zero-order valence-electron chi connectivity index (χ0n) is 18.4. The monoisotopic (exact) mass is 428 g/mol. The molecule has 0 radical (unpaired) electrons. The average Bonchev–Trinajstić information content (AvgIpc) is 2.84. The van der Waals surface area contributed by atoms with Gasteiger partial charge in [-0.3, -0.25) is 4.79 Å². The van der Waals surface area contributed by atoms with Crippen molar-refractivity contribution in [2.45, 2.75) is 30.7 Å². The molecule has 4 N–H and O–H groups in total. The molecule has 1 aliphatic heterocycles. The third-order valence-corrected chi connectivity index (χ3v) is 5.88. The van der Waals surface area contributed by atoms with E-state index in [0.29, 0.717) is 18.4 Å². The summed E-state index contributed by atoms with van der Waals surface area (Å²) >= 11 is 0. The molecular formula is C28H32N2O2. The Bertz CT molecular complexity index is 971. The van der Waals surface area contributed by atoms with Gasteiger partial charge in [-0.05, 0) is 41.6 Å². The highest BCUT2D eigenvalue weighted by Gasteiger charge is 2.22. The number of allylic oxidation sites excluding steroid dienone is 1. The molecule has 4 rings (SSSR count). The van der Waals surface area contributed by atoms with Crippen molar-refractivity contribution >= 4 is 5.97 Å². The minimum absolute atomic E-state index is 0.323. The molecule has 0 saturated carbocycles. The standard InChI is InChI=1S/C17H16O2.C11H16N2/c1-2-6-16(17(18)19)15-11-9-14(10-12-15)13-7-4-3-5-8-13;12-11-6-7-13-8-10(11)9-4-2-1-3-5-9/h2-5,7-12,16H,1,6H2,(H,18,19);1-5,10-11,13H,6-8,12H2. The van der Waals surface area contributed by atoms with Crippen LogP contribution in [-0.4, -0.2) is 30.2 Å². The predicted molar refractivity (Wildman–Crippen MR) is 132 cm³/mol. The lowest BCUT2D eigenvalue weighted by Gasteiger charge is -2.29. The summed E-state index contributed by atoms with van der Waals surface area (Å²) in [6.07, 6.45) is 3.17. The van der Waals surface area contributed by atoms with E-state index in [0.717, 1.165) is 36.2 Å². The Labute approximate surface area is 190 Å². The number of hydrogen-bond donors (Lipinski definition) is 3. The first-order valence-electron chi connectivity index (χ1n) is 11.1. The smallest absolute Gasteiger partial charge is 0.311 e. The summed E-state index contributed by atoms with van der Waals surface area (Å²) in [5.74, 6) is -0.829. The summed E-state index contributed by atoms with van der Waals surface area (Å²) in [6.45, 7) is 5.69. The van der Waals surface area contributed by atoms with Crippen LogP contribution in [0.1, 0.15) is 35.8 Å². The Morgan fingerprint density at radius 2 is 1.59 bits per heavy atom. The molecule has 0 aromatic heterocycles. The number of hydrogen-bond acceptors (Lipinski definition) is 3. The SMILES string of the molecule is C=CCC(C(=O)O)c1ccc(-c2ccccc2)cc1.NC1CCNCC1c1ccccc1. The van der Waals surface area contributed by atoms with Crippen molar-refractivity contribution in [3.05, 3.63) is 109 Å². The molecule has 1 saturated heterocycles. The van der Waals surface area contributed by atoms with Crippen LogP contribution < -0.4 is 11.1 Å². The van der Waals surface area contributed by atoms with Crippen LogP contribution in [0.4, 0.5) is 0 Å². The largest absolute Gasteiger partial charge is 0.481 e. The van der Waals surface area contributed by atoms with Gasteiger partial charge in [-0.25, -0.2) is 0 Å². The van der Waals surface area contributed by atoms with E-state index >= 15 is 0 Å². The Morgan fingerprint density at radius 1 is 1.00 bits per heavy atom. The second-order valence-corrected chi connectivity index (χ2v) is 8.08. The lowest BCUT2D eigenvalue weighted by molar-refractivity contribution is -0.138. The van der Waals surface area contributed by atoms with Gasteiger partial charge in [-0.2, -0.15) is 0 Å². The van der Waals surface area contributed by atoms with Gasteiger partial charge in [0.15, 0.2) is 0 Å². The maximum absolute atomic E-state index is 11.2. The van der Waals surface area contributed by atoms with E-state index in [-0.39, 0.29) is 0 Å². The Morgan fingerprint density at radius 3 is 2.16 bits per heavy atom. The molecule has 3 aromatic rings. The van der Waals surface area contributed by atoms with Gasteiger partial charge < -0.3 is 16.2 Å². The molecule has 166 valence electrons. The van der Waals surface area contributed by atoms with E-state index in [9.17, 15) is 9.90 Å². The molecule has 32 heavy (non-hydrogen) atoms. The normalized spacial score (nSPS) is 18.7. The minimum Gasteiger partial charge on any atom is -0.481 e. The first-order chi connectivity index (χ1) is 15.6. The van der Waals surface area contributed by atoms with Crippen molar-refractivity contribution in [2.24, 2.45) is 5.73 Å². The van der Waals surface area contributed by atoms with E-state index < -0.39 is 11.9 Å². The highest BCUT2D eigenvalue weighted by Crippen LogP contribution is 2.25. The van der Waals surface area contributed by atoms with Crippen molar-refractivity contribution in [3.63, 3.8) is 0 Å².